The quantitative estimate of drug-likeness (QED) is 0.682. The lowest BCUT2D eigenvalue weighted by Gasteiger charge is -2.17. The van der Waals surface area contributed by atoms with Crippen molar-refractivity contribution < 1.29 is 14.4 Å². The molecule has 0 saturated carbocycles. The smallest absolute Gasteiger partial charge is 0.227 e. The summed E-state index contributed by atoms with van der Waals surface area (Å²) >= 11 is 12.0. The number of hydrogen-bond acceptors (Lipinski definition) is 6. The van der Waals surface area contributed by atoms with Crippen LogP contribution in [-0.2, 0) is 20.9 Å². The van der Waals surface area contributed by atoms with Crippen LogP contribution in [0.4, 0.5) is 0 Å². The number of hydrogen-bond donors (Lipinski definition) is 3. The first kappa shape index (κ1) is 19.4. The van der Waals surface area contributed by atoms with Crippen molar-refractivity contribution in [1.29, 1.82) is 0 Å². The lowest BCUT2D eigenvalue weighted by Crippen LogP contribution is -2.45. The average Bonchev–Trinajstić information content (AvgIpc) is 3.39. The van der Waals surface area contributed by atoms with Gasteiger partial charge in [-0.25, -0.2) is 5.01 Å². The first-order valence-corrected chi connectivity index (χ1v) is 10.1. The zero-order chi connectivity index (χ0) is 18.8. The fourth-order valence-corrected chi connectivity index (χ4v) is 4.11. The molecule has 0 bridgehead atoms. The van der Waals surface area contributed by atoms with Crippen molar-refractivity contribution in [2.45, 2.75) is 44.2 Å². The molecule has 3 heterocycles. The zero-order valence-electron chi connectivity index (χ0n) is 14.9. The van der Waals surface area contributed by atoms with Crippen LogP contribution < -0.4 is 16.2 Å². The maximum absolute atomic E-state index is 12.6. The van der Waals surface area contributed by atoms with Gasteiger partial charge in [0.05, 0.1) is 22.1 Å². The van der Waals surface area contributed by atoms with Gasteiger partial charge in [-0.05, 0) is 30.5 Å². The van der Waals surface area contributed by atoms with Gasteiger partial charge in [0.25, 0.3) is 0 Å². The molecule has 148 valence electrons. The maximum atomic E-state index is 12.6. The van der Waals surface area contributed by atoms with Gasteiger partial charge in [-0.15, -0.1) is 0 Å². The third-order valence-electron chi connectivity index (χ3n) is 5.26. The fraction of sp³-hybridized carbons (Fsp3) is 0.611. The highest BCUT2D eigenvalue weighted by Gasteiger charge is 2.36. The molecular weight excluding hydrogens is 391 g/mol. The van der Waals surface area contributed by atoms with E-state index in [1.165, 1.54) is 0 Å². The standard InChI is InChI=1S/C18H24Cl2N4O3/c19-13-4-3-11(6-14(13)20)9-24-10-12(8-21-24)18(25)22-17-7-16(27-23-17)15-2-1-5-26-15/h3-4,6,12,15-17,21,23H,1-2,5,7-10H2,(H,22,25). The summed E-state index contributed by atoms with van der Waals surface area (Å²) in [6, 6.07) is 5.58. The number of ether oxygens (including phenoxy) is 1. The minimum Gasteiger partial charge on any atom is -0.375 e. The zero-order valence-corrected chi connectivity index (χ0v) is 16.4. The summed E-state index contributed by atoms with van der Waals surface area (Å²) < 4.78 is 5.66. The van der Waals surface area contributed by atoms with E-state index < -0.39 is 0 Å². The molecule has 1 amide bonds. The molecule has 3 saturated heterocycles. The van der Waals surface area contributed by atoms with Gasteiger partial charge in [-0.1, -0.05) is 29.3 Å². The lowest BCUT2D eigenvalue weighted by atomic mass is 10.1. The van der Waals surface area contributed by atoms with E-state index in [2.05, 4.69) is 16.2 Å². The third kappa shape index (κ3) is 4.74. The van der Waals surface area contributed by atoms with Gasteiger partial charge in [0.2, 0.25) is 5.91 Å². The number of nitrogens with one attached hydrogen (secondary N) is 3. The minimum atomic E-state index is -0.171. The Morgan fingerprint density at radius 3 is 2.96 bits per heavy atom. The van der Waals surface area contributed by atoms with E-state index in [1.54, 1.807) is 6.07 Å². The van der Waals surface area contributed by atoms with E-state index in [0.29, 0.717) is 29.7 Å². The van der Waals surface area contributed by atoms with Crippen LogP contribution in [0.1, 0.15) is 24.8 Å². The van der Waals surface area contributed by atoms with Crippen LogP contribution in [0.2, 0.25) is 10.0 Å². The topological polar surface area (TPSA) is 74.9 Å². The molecule has 3 aliphatic rings. The number of carbonyl (C=O) groups is 1. The molecule has 4 atom stereocenters. The SMILES string of the molecule is O=C(NC1CC(C2CCCO2)ON1)C1CNN(Cc2ccc(Cl)c(Cl)c2)C1. The largest absolute Gasteiger partial charge is 0.375 e. The summed E-state index contributed by atoms with van der Waals surface area (Å²) in [5, 5.41) is 6.14. The second-order valence-electron chi connectivity index (χ2n) is 7.31. The molecule has 3 fully saturated rings. The van der Waals surface area contributed by atoms with Crippen molar-refractivity contribution in [3.05, 3.63) is 33.8 Å². The molecule has 0 radical (unpaired) electrons. The molecule has 9 heteroatoms. The van der Waals surface area contributed by atoms with E-state index in [1.807, 2.05) is 17.1 Å². The minimum absolute atomic E-state index is 0.00524. The summed E-state index contributed by atoms with van der Waals surface area (Å²) in [5.41, 5.74) is 7.25. The number of halogens is 2. The van der Waals surface area contributed by atoms with E-state index in [-0.39, 0.29) is 30.2 Å². The first-order chi connectivity index (χ1) is 13.1. The number of benzene rings is 1. The number of amides is 1. The number of nitrogens with zero attached hydrogens (tertiary/aromatic N) is 1. The molecule has 1 aromatic carbocycles. The predicted molar refractivity (Wildman–Crippen MR) is 102 cm³/mol. The van der Waals surface area contributed by atoms with Crippen molar-refractivity contribution in [2.75, 3.05) is 19.7 Å². The van der Waals surface area contributed by atoms with Gasteiger partial charge >= 0.3 is 0 Å². The molecular formula is C18H24Cl2N4O3. The van der Waals surface area contributed by atoms with E-state index in [9.17, 15) is 4.79 Å². The molecule has 3 aliphatic heterocycles. The number of rotatable bonds is 5. The third-order valence-corrected chi connectivity index (χ3v) is 6.00. The maximum Gasteiger partial charge on any atom is 0.227 e. The van der Waals surface area contributed by atoms with Gasteiger partial charge in [0.1, 0.15) is 12.3 Å². The monoisotopic (exact) mass is 414 g/mol. The molecule has 0 spiro atoms. The summed E-state index contributed by atoms with van der Waals surface area (Å²) in [6.45, 7) is 2.70. The van der Waals surface area contributed by atoms with Crippen molar-refractivity contribution >= 4 is 29.1 Å². The van der Waals surface area contributed by atoms with Crippen LogP contribution in [0.15, 0.2) is 18.2 Å². The Kier molecular flexibility index (Phi) is 6.18. The molecule has 27 heavy (non-hydrogen) atoms. The number of hydroxylamine groups is 1. The van der Waals surface area contributed by atoms with Crippen molar-refractivity contribution in [3.8, 4) is 0 Å². The Balaban J connectivity index is 1.24. The average molecular weight is 415 g/mol. The fourth-order valence-electron chi connectivity index (χ4n) is 3.79. The van der Waals surface area contributed by atoms with Gasteiger partial charge in [-0.3, -0.25) is 15.1 Å². The van der Waals surface area contributed by atoms with Crippen LogP contribution >= 0.6 is 23.2 Å². The highest BCUT2D eigenvalue weighted by molar-refractivity contribution is 6.42. The molecule has 1 aromatic rings. The number of hydrazine groups is 1. The Bertz CT molecular complexity index is 687. The lowest BCUT2D eigenvalue weighted by molar-refractivity contribution is -0.125. The highest BCUT2D eigenvalue weighted by atomic mass is 35.5. The van der Waals surface area contributed by atoms with Gasteiger partial charge in [0, 0.05) is 32.7 Å². The van der Waals surface area contributed by atoms with E-state index in [4.69, 9.17) is 32.8 Å². The summed E-state index contributed by atoms with van der Waals surface area (Å²) in [6.07, 6.45) is 2.78. The molecule has 4 unspecified atom stereocenters. The van der Waals surface area contributed by atoms with Crippen molar-refractivity contribution in [2.24, 2.45) is 5.92 Å². The predicted octanol–water partition coefficient (Wildman–Crippen LogP) is 1.84. The van der Waals surface area contributed by atoms with Gasteiger partial charge in [-0.2, -0.15) is 5.48 Å². The molecule has 0 aliphatic carbocycles. The first-order valence-electron chi connectivity index (χ1n) is 9.34. The molecule has 7 nitrogen and oxygen atoms in total. The molecule has 3 N–H and O–H groups in total. The summed E-state index contributed by atoms with van der Waals surface area (Å²) in [5.74, 6) is -0.0930. The Morgan fingerprint density at radius 2 is 2.19 bits per heavy atom. The number of carbonyl (C=O) groups excluding carboxylic acids is 1. The normalized spacial score (nSPS) is 31.5. The van der Waals surface area contributed by atoms with Crippen LogP contribution in [0, 0.1) is 5.92 Å². The van der Waals surface area contributed by atoms with Gasteiger partial charge < -0.3 is 10.1 Å². The van der Waals surface area contributed by atoms with Gasteiger partial charge in [0.15, 0.2) is 0 Å². The van der Waals surface area contributed by atoms with E-state index in [0.717, 1.165) is 31.4 Å². The Morgan fingerprint density at radius 1 is 1.30 bits per heavy atom. The van der Waals surface area contributed by atoms with E-state index >= 15 is 0 Å². The van der Waals surface area contributed by atoms with Crippen LogP contribution in [0.3, 0.4) is 0 Å². The van der Waals surface area contributed by atoms with Crippen molar-refractivity contribution in [1.82, 2.24) is 21.2 Å². The van der Waals surface area contributed by atoms with Crippen LogP contribution in [0.25, 0.3) is 0 Å². The van der Waals surface area contributed by atoms with Crippen LogP contribution in [-0.4, -0.2) is 49.0 Å². The molecule has 4 rings (SSSR count). The van der Waals surface area contributed by atoms with Crippen LogP contribution in [0.5, 0.6) is 0 Å². The Hall–Kier alpha value is -0.930. The second kappa shape index (κ2) is 8.61. The highest BCUT2D eigenvalue weighted by Crippen LogP contribution is 2.25. The second-order valence-corrected chi connectivity index (χ2v) is 8.13. The van der Waals surface area contributed by atoms with Crippen molar-refractivity contribution in [3.63, 3.8) is 0 Å². The summed E-state index contributed by atoms with van der Waals surface area (Å²) in [4.78, 5) is 18.2. The Labute approximate surface area is 168 Å². The summed E-state index contributed by atoms with van der Waals surface area (Å²) in [7, 11) is 0. The molecule has 0 aromatic heterocycles.